The molecule has 8 heteroatoms. The van der Waals surface area contributed by atoms with Crippen LogP contribution in [-0.2, 0) is 14.8 Å². The summed E-state index contributed by atoms with van der Waals surface area (Å²) in [6.45, 7) is 1.91. The van der Waals surface area contributed by atoms with Crippen LogP contribution >= 0.6 is 0 Å². The van der Waals surface area contributed by atoms with E-state index in [0.29, 0.717) is 18.7 Å². The molecular formula is C13H20F2N2O3S. The zero-order valence-electron chi connectivity index (χ0n) is 11.8. The summed E-state index contributed by atoms with van der Waals surface area (Å²) in [7, 11) is -3.58. The largest absolute Gasteiger partial charge is 0.382 e. The maximum atomic E-state index is 12.1. The Morgan fingerprint density at radius 2 is 1.95 bits per heavy atom. The molecule has 0 aliphatic heterocycles. The van der Waals surface area contributed by atoms with Crippen molar-refractivity contribution in [3.63, 3.8) is 0 Å². The highest BCUT2D eigenvalue weighted by Gasteiger charge is 2.17. The highest BCUT2D eigenvalue weighted by molar-refractivity contribution is 7.89. The number of nitrogens with one attached hydrogen (secondary N) is 2. The number of hydrogen-bond acceptors (Lipinski definition) is 4. The van der Waals surface area contributed by atoms with E-state index in [4.69, 9.17) is 4.74 Å². The van der Waals surface area contributed by atoms with E-state index in [1.54, 1.807) is 18.2 Å². The Hall–Kier alpha value is -1.25. The quantitative estimate of drug-likeness (QED) is 0.647. The molecule has 2 N–H and O–H groups in total. The van der Waals surface area contributed by atoms with Crippen molar-refractivity contribution in [3.05, 3.63) is 24.3 Å². The van der Waals surface area contributed by atoms with E-state index >= 15 is 0 Å². The molecule has 0 spiro atoms. The summed E-state index contributed by atoms with van der Waals surface area (Å²) in [6, 6.07) is 6.42. The fourth-order valence-corrected chi connectivity index (χ4v) is 2.91. The number of para-hydroxylation sites is 1. The molecular weight excluding hydrogens is 302 g/mol. The van der Waals surface area contributed by atoms with Crippen LogP contribution in [0.3, 0.4) is 0 Å². The number of sulfonamides is 1. The third kappa shape index (κ3) is 6.36. The molecule has 21 heavy (non-hydrogen) atoms. The van der Waals surface area contributed by atoms with Gasteiger partial charge in [0.2, 0.25) is 10.0 Å². The van der Waals surface area contributed by atoms with E-state index in [0.717, 1.165) is 0 Å². The lowest BCUT2D eigenvalue weighted by Gasteiger charge is -2.13. The van der Waals surface area contributed by atoms with Crippen LogP contribution < -0.4 is 10.0 Å². The maximum Gasteiger partial charge on any atom is 0.261 e. The average molecular weight is 322 g/mol. The standard InChI is InChI=1S/C13H20F2N2O3S/c1-2-7-17-21(18,19)12-6-4-3-5-11(12)16-8-9-20-10-13(14)15/h3-6,13,16-17H,2,7-10H2,1H3. The van der Waals surface area contributed by atoms with Crippen molar-refractivity contribution in [2.45, 2.75) is 24.7 Å². The van der Waals surface area contributed by atoms with Crippen molar-refractivity contribution >= 4 is 15.7 Å². The molecule has 5 nitrogen and oxygen atoms in total. The third-order valence-corrected chi connectivity index (χ3v) is 4.04. The lowest BCUT2D eigenvalue weighted by Crippen LogP contribution is -2.25. The van der Waals surface area contributed by atoms with Crippen molar-refractivity contribution in [1.29, 1.82) is 0 Å². The summed E-state index contributed by atoms with van der Waals surface area (Å²) >= 11 is 0. The normalized spacial score (nSPS) is 11.8. The number of halogens is 2. The molecule has 120 valence electrons. The summed E-state index contributed by atoms with van der Waals surface area (Å²) in [5.41, 5.74) is 0.418. The number of rotatable bonds is 10. The summed E-state index contributed by atoms with van der Waals surface area (Å²) in [6.07, 6.45) is -1.81. The van der Waals surface area contributed by atoms with Gasteiger partial charge in [-0.05, 0) is 18.6 Å². The Labute approximate surface area is 123 Å². The molecule has 1 aromatic carbocycles. The van der Waals surface area contributed by atoms with Gasteiger partial charge in [0.25, 0.3) is 6.43 Å². The van der Waals surface area contributed by atoms with Crippen molar-refractivity contribution in [2.24, 2.45) is 0 Å². The first-order chi connectivity index (χ1) is 9.97. The van der Waals surface area contributed by atoms with Gasteiger partial charge in [-0.3, -0.25) is 0 Å². The smallest absolute Gasteiger partial charge is 0.261 e. The third-order valence-electron chi connectivity index (χ3n) is 2.52. The fraction of sp³-hybridized carbons (Fsp3) is 0.538. The number of anilines is 1. The van der Waals surface area contributed by atoms with E-state index in [2.05, 4.69) is 10.0 Å². The van der Waals surface area contributed by atoms with Gasteiger partial charge in [0, 0.05) is 13.1 Å². The second-order valence-electron chi connectivity index (χ2n) is 4.29. The monoisotopic (exact) mass is 322 g/mol. The Kier molecular flexibility index (Phi) is 7.55. The minimum absolute atomic E-state index is 0.0705. The minimum Gasteiger partial charge on any atom is -0.382 e. The molecule has 0 fully saturated rings. The van der Waals surface area contributed by atoms with Gasteiger partial charge in [-0.2, -0.15) is 0 Å². The maximum absolute atomic E-state index is 12.1. The van der Waals surface area contributed by atoms with Crippen LogP contribution in [0.4, 0.5) is 14.5 Å². The fourth-order valence-electron chi connectivity index (χ4n) is 1.59. The molecule has 0 unspecified atom stereocenters. The van der Waals surface area contributed by atoms with Crippen LogP contribution in [0.15, 0.2) is 29.2 Å². The van der Waals surface area contributed by atoms with Crippen LogP contribution in [0, 0.1) is 0 Å². The molecule has 1 aromatic rings. The Balaban J connectivity index is 2.63. The van der Waals surface area contributed by atoms with E-state index in [1.807, 2.05) is 6.92 Å². The van der Waals surface area contributed by atoms with Crippen LogP contribution in [-0.4, -0.2) is 41.1 Å². The van der Waals surface area contributed by atoms with Gasteiger partial charge in [0.1, 0.15) is 11.5 Å². The van der Waals surface area contributed by atoms with Gasteiger partial charge < -0.3 is 10.1 Å². The molecule has 0 bridgehead atoms. The van der Waals surface area contributed by atoms with E-state index in [1.165, 1.54) is 6.07 Å². The summed E-state index contributed by atoms with van der Waals surface area (Å²) in [5.74, 6) is 0. The summed E-state index contributed by atoms with van der Waals surface area (Å²) in [4.78, 5) is 0.132. The highest BCUT2D eigenvalue weighted by atomic mass is 32.2. The van der Waals surface area contributed by atoms with Crippen molar-refractivity contribution < 1.29 is 21.9 Å². The minimum atomic E-state index is -3.58. The lowest BCUT2D eigenvalue weighted by atomic mass is 10.3. The van der Waals surface area contributed by atoms with Gasteiger partial charge >= 0.3 is 0 Å². The zero-order valence-corrected chi connectivity index (χ0v) is 12.6. The van der Waals surface area contributed by atoms with Crippen molar-refractivity contribution in [1.82, 2.24) is 4.72 Å². The molecule has 1 rings (SSSR count). The van der Waals surface area contributed by atoms with E-state index in [9.17, 15) is 17.2 Å². The van der Waals surface area contributed by atoms with E-state index in [-0.39, 0.29) is 18.0 Å². The van der Waals surface area contributed by atoms with Crippen LogP contribution in [0.25, 0.3) is 0 Å². The van der Waals surface area contributed by atoms with Crippen molar-refractivity contribution in [2.75, 3.05) is 31.6 Å². The Morgan fingerprint density at radius 3 is 2.62 bits per heavy atom. The number of hydrogen-bond donors (Lipinski definition) is 2. The summed E-state index contributed by atoms with van der Waals surface area (Å²) in [5, 5.41) is 2.88. The molecule has 0 atom stereocenters. The Bertz CT molecular complexity index is 524. The predicted molar refractivity (Wildman–Crippen MR) is 77.2 cm³/mol. The first-order valence-corrected chi connectivity index (χ1v) is 8.14. The molecule has 0 saturated heterocycles. The van der Waals surface area contributed by atoms with Crippen molar-refractivity contribution in [3.8, 4) is 0 Å². The predicted octanol–water partition coefficient (Wildman–Crippen LogP) is 2.07. The first-order valence-electron chi connectivity index (χ1n) is 6.66. The number of benzene rings is 1. The average Bonchev–Trinajstić information content (AvgIpc) is 2.45. The van der Waals surface area contributed by atoms with Gasteiger partial charge in [-0.25, -0.2) is 21.9 Å². The second-order valence-corrected chi connectivity index (χ2v) is 6.02. The van der Waals surface area contributed by atoms with Gasteiger partial charge in [-0.15, -0.1) is 0 Å². The van der Waals surface area contributed by atoms with Gasteiger partial charge in [0.15, 0.2) is 0 Å². The molecule has 0 aromatic heterocycles. The first kappa shape index (κ1) is 17.8. The molecule has 0 heterocycles. The lowest BCUT2D eigenvalue weighted by molar-refractivity contribution is 0.0215. The van der Waals surface area contributed by atoms with Crippen LogP contribution in [0.1, 0.15) is 13.3 Å². The molecule has 0 aliphatic rings. The van der Waals surface area contributed by atoms with Crippen LogP contribution in [0.2, 0.25) is 0 Å². The Morgan fingerprint density at radius 1 is 1.24 bits per heavy atom. The van der Waals surface area contributed by atoms with E-state index < -0.39 is 23.1 Å². The number of alkyl halides is 2. The number of ether oxygens (including phenoxy) is 1. The SMILES string of the molecule is CCCNS(=O)(=O)c1ccccc1NCCOCC(F)F. The molecule has 0 radical (unpaired) electrons. The highest BCUT2D eigenvalue weighted by Crippen LogP contribution is 2.20. The molecule has 0 amide bonds. The molecule has 0 aliphatic carbocycles. The van der Waals surface area contributed by atoms with Gasteiger partial charge in [0.05, 0.1) is 12.3 Å². The topological polar surface area (TPSA) is 67.4 Å². The summed E-state index contributed by atoms with van der Waals surface area (Å²) < 4.78 is 55.2. The van der Waals surface area contributed by atoms with Gasteiger partial charge in [-0.1, -0.05) is 19.1 Å². The zero-order chi connectivity index (χ0) is 15.7. The molecule has 0 saturated carbocycles. The second kappa shape index (κ2) is 8.91. The van der Waals surface area contributed by atoms with Crippen LogP contribution in [0.5, 0.6) is 0 Å².